The van der Waals surface area contributed by atoms with E-state index in [4.69, 9.17) is 5.10 Å². The largest absolute Gasteiger partial charge is 0.508 e. The van der Waals surface area contributed by atoms with Gasteiger partial charge in [-0.05, 0) is 44.5 Å². The lowest BCUT2D eigenvalue weighted by atomic mass is 10.1. The van der Waals surface area contributed by atoms with Gasteiger partial charge in [-0.25, -0.2) is 4.98 Å². The van der Waals surface area contributed by atoms with Crippen LogP contribution >= 0.6 is 0 Å². The van der Waals surface area contributed by atoms with Crippen LogP contribution in [0.3, 0.4) is 0 Å². The number of pyridine rings is 1. The average Bonchev–Trinajstić information content (AvgIpc) is 3.06. The molecule has 0 unspecified atom stereocenters. The Balaban J connectivity index is 1.74. The Morgan fingerprint density at radius 1 is 1.11 bits per heavy atom. The first-order valence-electron chi connectivity index (χ1n) is 9.04. The summed E-state index contributed by atoms with van der Waals surface area (Å²) in [7, 11) is 0. The third kappa shape index (κ3) is 3.20. The van der Waals surface area contributed by atoms with Gasteiger partial charge < -0.3 is 15.7 Å². The molecular weight excluding hydrogens is 354 g/mol. The van der Waals surface area contributed by atoms with Crippen LogP contribution in [0.5, 0.6) is 5.75 Å². The van der Waals surface area contributed by atoms with Crippen LogP contribution in [0.4, 0.5) is 23.1 Å². The number of phenols is 1. The molecule has 1 aromatic carbocycles. The molecular formula is C20H21N7O. The molecule has 28 heavy (non-hydrogen) atoms. The SMILES string of the molecule is CCn1nc(Nc2c(C)ccc(O)c2C)c2cnc(Nc3cccnn3)cc21. The molecule has 0 saturated heterocycles. The number of rotatable bonds is 5. The first-order chi connectivity index (χ1) is 13.6. The summed E-state index contributed by atoms with van der Waals surface area (Å²) < 4.78 is 1.91. The molecule has 3 N–H and O–H groups in total. The van der Waals surface area contributed by atoms with E-state index < -0.39 is 0 Å². The highest BCUT2D eigenvalue weighted by Crippen LogP contribution is 2.33. The fourth-order valence-corrected chi connectivity index (χ4v) is 3.12. The van der Waals surface area contributed by atoms with Crippen molar-refractivity contribution in [3.8, 4) is 5.75 Å². The van der Waals surface area contributed by atoms with Gasteiger partial charge in [-0.3, -0.25) is 4.68 Å². The molecule has 4 aromatic rings. The van der Waals surface area contributed by atoms with Crippen LogP contribution in [0.25, 0.3) is 10.9 Å². The van der Waals surface area contributed by atoms with Crippen LogP contribution < -0.4 is 10.6 Å². The number of aromatic nitrogens is 5. The number of anilines is 4. The minimum atomic E-state index is 0.251. The van der Waals surface area contributed by atoms with E-state index in [0.717, 1.165) is 27.7 Å². The van der Waals surface area contributed by atoms with Gasteiger partial charge in [0.15, 0.2) is 11.6 Å². The second-order valence-corrected chi connectivity index (χ2v) is 6.51. The molecule has 8 heteroatoms. The number of hydrogen-bond acceptors (Lipinski definition) is 7. The summed E-state index contributed by atoms with van der Waals surface area (Å²) in [5, 5.41) is 30.0. The van der Waals surface area contributed by atoms with Crippen LogP contribution in [-0.2, 0) is 6.54 Å². The van der Waals surface area contributed by atoms with Crippen molar-refractivity contribution in [3.63, 3.8) is 0 Å². The summed E-state index contributed by atoms with van der Waals surface area (Å²) in [4.78, 5) is 4.49. The zero-order valence-electron chi connectivity index (χ0n) is 15.9. The van der Waals surface area contributed by atoms with E-state index >= 15 is 0 Å². The number of nitrogens with zero attached hydrogens (tertiary/aromatic N) is 5. The molecule has 8 nitrogen and oxygen atoms in total. The number of fused-ring (bicyclic) bond motifs is 1. The number of aromatic hydroxyl groups is 1. The van der Waals surface area contributed by atoms with Gasteiger partial charge in [-0.1, -0.05) is 6.07 Å². The minimum absolute atomic E-state index is 0.251. The second-order valence-electron chi connectivity index (χ2n) is 6.51. The van der Waals surface area contributed by atoms with Crippen molar-refractivity contribution in [2.75, 3.05) is 10.6 Å². The Kier molecular flexibility index (Phi) is 4.52. The van der Waals surface area contributed by atoms with Gasteiger partial charge in [0.25, 0.3) is 0 Å². The minimum Gasteiger partial charge on any atom is -0.508 e. The van der Waals surface area contributed by atoms with Crippen molar-refractivity contribution in [1.29, 1.82) is 0 Å². The number of phenolic OH excluding ortho intramolecular Hbond substituents is 1. The molecule has 3 aromatic heterocycles. The highest BCUT2D eigenvalue weighted by molar-refractivity contribution is 5.93. The van der Waals surface area contributed by atoms with Crippen LogP contribution in [0.2, 0.25) is 0 Å². The third-order valence-electron chi connectivity index (χ3n) is 4.65. The Bertz CT molecular complexity index is 1140. The number of aryl methyl sites for hydroxylation is 2. The van der Waals surface area contributed by atoms with Gasteiger partial charge in [0.2, 0.25) is 0 Å². The van der Waals surface area contributed by atoms with E-state index in [0.29, 0.717) is 24.0 Å². The van der Waals surface area contributed by atoms with Crippen molar-refractivity contribution in [2.24, 2.45) is 0 Å². The summed E-state index contributed by atoms with van der Waals surface area (Å²) in [6.45, 7) is 6.63. The Hall–Kier alpha value is -3.68. The molecule has 0 aliphatic rings. The third-order valence-corrected chi connectivity index (χ3v) is 4.65. The van der Waals surface area contributed by atoms with E-state index in [2.05, 4.69) is 25.8 Å². The number of nitrogens with one attached hydrogen (secondary N) is 2. The Morgan fingerprint density at radius 3 is 2.71 bits per heavy atom. The maximum Gasteiger partial charge on any atom is 0.161 e. The zero-order chi connectivity index (χ0) is 19.7. The molecule has 0 aliphatic carbocycles. The molecule has 142 valence electrons. The fourth-order valence-electron chi connectivity index (χ4n) is 3.12. The first-order valence-corrected chi connectivity index (χ1v) is 9.04. The monoisotopic (exact) mass is 375 g/mol. The molecule has 3 heterocycles. The molecule has 0 radical (unpaired) electrons. The lowest BCUT2D eigenvalue weighted by Gasteiger charge is -2.12. The predicted octanol–water partition coefficient (Wildman–Crippen LogP) is 4.05. The maximum absolute atomic E-state index is 10.0. The highest BCUT2D eigenvalue weighted by atomic mass is 16.3. The van der Waals surface area contributed by atoms with Crippen LogP contribution in [0.1, 0.15) is 18.1 Å². The number of hydrogen-bond donors (Lipinski definition) is 3. The average molecular weight is 375 g/mol. The van der Waals surface area contributed by atoms with Gasteiger partial charge in [0, 0.05) is 36.3 Å². The summed E-state index contributed by atoms with van der Waals surface area (Å²) in [5.74, 6) is 2.24. The van der Waals surface area contributed by atoms with Crippen LogP contribution in [-0.4, -0.2) is 30.1 Å². The lowest BCUT2D eigenvalue weighted by molar-refractivity contribution is 0.471. The molecule has 0 spiro atoms. The van der Waals surface area contributed by atoms with Crippen LogP contribution in [0.15, 0.2) is 42.7 Å². The quantitative estimate of drug-likeness (QED) is 0.484. The lowest BCUT2D eigenvalue weighted by Crippen LogP contribution is -2.00. The molecule has 0 atom stereocenters. The van der Waals surface area contributed by atoms with Crippen LogP contribution in [0, 0.1) is 13.8 Å². The normalized spacial score (nSPS) is 11.0. The molecule has 4 rings (SSSR count). The van der Waals surface area contributed by atoms with Gasteiger partial charge in [-0.15, -0.1) is 5.10 Å². The second kappa shape index (κ2) is 7.15. The molecule has 0 aliphatic heterocycles. The molecule has 0 saturated carbocycles. The summed E-state index contributed by atoms with van der Waals surface area (Å²) in [6.07, 6.45) is 3.40. The van der Waals surface area contributed by atoms with Crippen molar-refractivity contribution in [3.05, 3.63) is 53.9 Å². The zero-order valence-corrected chi connectivity index (χ0v) is 15.9. The summed E-state index contributed by atoms with van der Waals surface area (Å²) in [6, 6.07) is 9.16. The molecule has 0 bridgehead atoms. The summed E-state index contributed by atoms with van der Waals surface area (Å²) in [5.41, 5.74) is 3.61. The Labute approximate surface area is 162 Å². The first kappa shape index (κ1) is 17.7. The van der Waals surface area contributed by atoms with E-state index in [1.165, 1.54) is 0 Å². The molecule has 0 fully saturated rings. The standard InChI is InChI=1S/C20H21N7O/c1-4-27-15-10-18(23-17-6-5-9-22-25-17)21-11-14(15)20(26-27)24-19-12(2)7-8-16(28)13(19)3/h5-11,28H,4H2,1-3H3,(H,24,26)(H,21,23,25). The molecule has 0 amide bonds. The maximum atomic E-state index is 10.0. The number of benzene rings is 1. The fraction of sp³-hybridized carbons (Fsp3) is 0.200. The Morgan fingerprint density at radius 2 is 1.96 bits per heavy atom. The van der Waals surface area contributed by atoms with E-state index in [1.807, 2.05) is 49.7 Å². The van der Waals surface area contributed by atoms with E-state index in [1.54, 1.807) is 18.5 Å². The van der Waals surface area contributed by atoms with Gasteiger partial charge in [0.05, 0.1) is 10.9 Å². The van der Waals surface area contributed by atoms with E-state index in [-0.39, 0.29) is 5.75 Å². The summed E-state index contributed by atoms with van der Waals surface area (Å²) >= 11 is 0. The topological polar surface area (TPSA) is 101 Å². The van der Waals surface area contributed by atoms with Gasteiger partial charge in [0.1, 0.15) is 11.6 Å². The van der Waals surface area contributed by atoms with Crippen molar-refractivity contribution in [1.82, 2.24) is 25.0 Å². The van der Waals surface area contributed by atoms with Crippen molar-refractivity contribution in [2.45, 2.75) is 27.3 Å². The van der Waals surface area contributed by atoms with E-state index in [9.17, 15) is 5.11 Å². The smallest absolute Gasteiger partial charge is 0.161 e. The van der Waals surface area contributed by atoms with Gasteiger partial charge in [-0.2, -0.15) is 10.2 Å². The van der Waals surface area contributed by atoms with Gasteiger partial charge >= 0.3 is 0 Å². The van der Waals surface area contributed by atoms with Crippen molar-refractivity contribution < 1.29 is 5.11 Å². The predicted molar refractivity (Wildman–Crippen MR) is 109 cm³/mol. The highest BCUT2D eigenvalue weighted by Gasteiger charge is 2.15. The van der Waals surface area contributed by atoms with Crippen molar-refractivity contribution >= 4 is 34.0 Å².